The number of nitrogens with one attached hydrogen (secondary N) is 1. The lowest BCUT2D eigenvalue weighted by Gasteiger charge is -2.16. The lowest BCUT2D eigenvalue weighted by molar-refractivity contribution is 0.824. The number of aromatic nitrogens is 3. The average Bonchev–Trinajstić information content (AvgIpc) is 3.21. The lowest BCUT2D eigenvalue weighted by atomic mass is 9.89. The van der Waals surface area contributed by atoms with Crippen LogP contribution in [0.2, 0.25) is 0 Å². The van der Waals surface area contributed by atoms with Crippen LogP contribution in [0.15, 0.2) is 48.8 Å². The van der Waals surface area contributed by atoms with Crippen molar-refractivity contribution in [1.29, 1.82) is 0 Å². The molecule has 0 amide bonds. The van der Waals surface area contributed by atoms with E-state index in [1.54, 1.807) is 23.5 Å². The van der Waals surface area contributed by atoms with Gasteiger partial charge in [0, 0.05) is 0 Å². The molecule has 0 saturated carbocycles. The summed E-state index contributed by atoms with van der Waals surface area (Å²) in [5.41, 5.74) is 3.17. The second kappa shape index (κ2) is 6.21. The number of nitrogens with zero attached hydrogens (tertiary/aromatic N) is 2. The standard InChI is InChI=1S/C18H16.C2H3N3/c1-3-7-15-13(5-1)9-11-18-16-8-4-2-6-14(16)10-12-17(15)18;1-2-4-5-3-1/h1,3,5-7,9-10,12H,2,4,8,11H2;1-2H,(H,3,4,5). The topological polar surface area (TPSA) is 41.6 Å². The quantitative estimate of drug-likeness (QED) is 0.692. The first-order chi connectivity index (χ1) is 11.4. The van der Waals surface area contributed by atoms with Gasteiger partial charge in [-0.25, -0.2) is 0 Å². The molecular formula is C20H19N3. The highest BCUT2D eigenvalue weighted by molar-refractivity contribution is 5.47. The SMILES string of the molecule is C1=c2ccc3c(c2CCC1)CC=c1ccccc1=3.c1cn[nH]n1. The minimum Gasteiger partial charge on any atom is -0.198 e. The van der Waals surface area contributed by atoms with E-state index in [1.165, 1.54) is 40.1 Å². The van der Waals surface area contributed by atoms with E-state index in [2.05, 4.69) is 64.0 Å². The molecule has 0 bridgehead atoms. The zero-order chi connectivity index (χ0) is 15.5. The van der Waals surface area contributed by atoms with E-state index in [-0.39, 0.29) is 0 Å². The van der Waals surface area contributed by atoms with E-state index in [9.17, 15) is 0 Å². The van der Waals surface area contributed by atoms with E-state index in [0.717, 1.165) is 6.42 Å². The van der Waals surface area contributed by atoms with Crippen molar-refractivity contribution in [3.05, 3.63) is 80.8 Å². The summed E-state index contributed by atoms with van der Waals surface area (Å²) >= 11 is 0. The molecule has 114 valence electrons. The summed E-state index contributed by atoms with van der Waals surface area (Å²) < 4.78 is 0. The summed E-state index contributed by atoms with van der Waals surface area (Å²) in [7, 11) is 0. The van der Waals surface area contributed by atoms with Crippen LogP contribution in [0, 0.1) is 10.4 Å². The van der Waals surface area contributed by atoms with Gasteiger partial charge in [0.15, 0.2) is 0 Å². The van der Waals surface area contributed by atoms with Crippen molar-refractivity contribution >= 4 is 12.2 Å². The number of benzene rings is 2. The fourth-order valence-corrected chi connectivity index (χ4v) is 3.52. The van der Waals surface area contributed by atoms with E-state index in [0.29, 0.717) is 0 Å². The predicted molar refractivity (Wildman–Crippen MR) is 91.8 cm³/mol. The highest BCUT2D eigenvalue weighted by Gasteiger charge is 2.10. The van der Waals surface area contributed by atoms with Crippen LogP contribution in [0.25, 0.3) is 12.2 Å². The molecule has 0 spiro atoms. The molecule has 0 saturated heterocycles. The zero-order valence-electron chi connectivity index (χ0n) is 13.0. The Bertz CT molecular complexity index is 1000. The normalized spacial score (nSPS) is 14.1. The van der Waals surface area contributed by atoms with Crippen molar-refractivity contribution in [2.45, 2.75) is 25.7 Å². The lowest BCUT2D eigenvalue weighted by Crippen LogP contribution is -2.19. The van der Waals surface area contributed by atoms with Crippen molar-refractivity contribution in [3.8, 4) is 0 Å². The van der Waals surface area contributed by atoms with Gasteiger partial charge in [0.1, 0.15) is 0 Å². The van der Waals surface area contributed by atoms with Crippen molar-refractivity contribution in [2.24, 2.45) is 0 Å². The van der Waals surface area contributed by atoms with Crippen LogP contribution < -0.4 is 10.4 Å². The van der Waals surface area contributed by atoms with E-state index in [4.69, 9.17) is 0 Å². The van der Waals surface area contributed by atoms with Gasteiger partial charge >= 0.3 is 0 Å². The fraction of sp³-hybridized carbons (Fsp3) is 0.200. The molecule has 2 aliphatic carbocycles. The van der Waals surface area contributed by atoms with Gasteiger partial charge < -0.3 is 0 Å². The minimum absolute atomic E-state index is 1.10. The second-order valence-electron chi connectivity index (χ2n) is 5.91. The first kappa shape index (κ1) is 13.9. The first-order valence-electron chi connectivity index (χ1n) is 8.14. The third-order valence-electron chi connectivity index (χ3n) is 4.57. The molecule has 3 aromatic rings. The third kappa shape index (κ3) is 2.70. The van der Waals surface area contributed by atoms with Crippen LogP contribution in [-0.4, -0.2) is 15.4 Å². The highest BCUT2D eigenvalue weighted by atomic mass is 15.3. The Balaban J connectivity index is 0.000000233. The van der Waals surface area contributed by atoms with Gasteiger partial charge in [0.2, 0.25) is 0 Å². The van der Waals surface area contributed by atoms with Gasteiger partial charge in [-0.1, -0.05) is 48.6 Å². The zero-order valence-corrected chi connectivity index (χ0v) is 13.0. The number of aromatic amines is 1. The maximum Gasteiger partial charge on any atom is 0.0690 e. The smallest absolute Gasteiger partial charge is 0.0690 e. The Kier molecular flexibility index (Phi) is 3.76. The van der Waals surface area contributed by atoms with Crippen LogP contribution >= 0.6 is 0 Å². The van der Waals surface area contributed by atoms with Gasteiger partial charge in [0.05, 0.1) is 12.4 Å². The highest BCUT2D eigenvalue weighted by Crippen LogP contribution is 2.17. The molecule has 23 heavy (non-hydrogen) atoms. The van der Waals surface area contributed by atoms with Crippen LogP contribution in [0.1, 0.15) is 24.0 Å². The summed E-state index contributed by atoms with van der Waals surface area (Å²) in [4.78, 5) is 0. The number of hydrogen-bond acceptors (Lipinski definition) is 2. The Morgan fingerprint density at radius 1 is 0.783 bits per heavy atom. The third-order valence-corrected chi connectivity index (χ3v) is 4.57. The predicted octanol–water partition coefficient (Wildman–Crippen LogP) is 2.23. The fourth-order valence-electron chi connectivity index (χ4n) is 3.52. The van der Waals surface area contributed by atoms with E-state index in [1.807, 2.05) is 0 Å². The summed E-state index contributed by atoms with van der Waals surface area (Å²) in [6, 6.07) is 13.4. The first-order valence-corrected chi connectivity index (χ1v) is 8.14. The molecule has 1 N–H and O–H groups in total. The van der Waals surface area contributed by atoms with E-state index >= 15 is 0 Å². The monoisotopic (exact) mass is 301 g/mol. The molecule has 3 nitrogen and oxygen atoms in total. The Morgan fingerprint density at radius 2 is 1.65 bits per heavy atom. The largest absolute Gasteiger partial charge is 0.198 e. The van der Waals surface area contributed by atoms with Gasteiger partial charge in [-0.15, -0.1) is 0 Å². The Labute approximate surface area is 134 Å². The van der Waals surface area contributed by atoms with Gasteiger partial charge in [-0.05, 0) is 57.7 Å². The minimum atomic E-state index is 1.10. The van der Waals surface area contributed by atoms with Crippen molar-refractivity contribution in [1.82, 2.24) is 15.4 Å². The Hall–Kier alpha value is -2.68. The van der Waals surface area contributed by atoms with Crippen molar-refractivity contribution in [3.63, 3.8) is 0 Å². The summed E-state index contributed by atoms with van der Waals surface area (Å²) in [6.45, 7) is 0. The molecule has 0 aliphatic heterocycles. The number of hydrogen-bond donors (Lipinski definition) is 1. The maximum atomic E-state index is 3.49. The second-order valence-corrected chi connectivity index (χ2v) is 5.91. The molecule has 0 atom stereocenters. The van der Waals surface area contributed by atoms with Gasteiger partial charge in [0.25, 0.3) is 0 Å². The molecule has 1 heterocycles. The van der Waals surface area contributed by atoms with Crippen LogP contribution in [0.3, 0.4) is 0 Å². The Morgan fingerprint density at radius 3 is 2.48 bits per heavy atom. The van der Waals surface area contributed by atoms with Crippen LogP contribution in [-0.2, 0) is 12.8 Å². The van der Waals surface area contributed by atoms with Crippen molar-refractivity contribution in [2.75, 3.05) is 0 Å². The number of fused-ring (bicyclic) bond motifs is 4. The summed E-state index contributed by atoms with van der Waals surface area (Å²) in [5.74, 6) is 0. The molecule has 2 aromatic carbocycles. The maximum absolute atomic E-state index is 3.49. The molecule has 0 radical (unpaired) electrons. The molecule has 3 heteroatoms. The average molecular weight is 301 g/mol. The van der Waals surface area contributed by atoms with Gasteiger partial charge in [-0.3, -0.25) is 0 Å². The molecule has 0 unspecified atom stereocenters. The number of H-pyrrole nitrogens is 1. The van der Waals surface area contributed by atoms with Gasteiger partial charge in [-0.2, -0.15) is 15.4 Å². The van der Waals surface area contributed by atoms with Crippen molar-refractivity contribution < 1.29 is 0 Å². The summed E-state index contributed by atoms with van der Waals surface area (Å²) in [5, 5.41) is 15.1. The molecule has 2 aliphatic rings. The number of rotatable bonds is 0. The van der Waals surface area contributed by atoms with Crippen LogP contribution in [0.5, 0.6) is 0 Å². The molecule has 1 aromatic heterocycles. The molecular weight excluding hydrogens is 282 g/mol. The molecule has 5 rings (SSSR count). The van der Waals surface area contributed by atoms with Crippen LogP contribution in [0.4, 0.5) is 0 Å². The summed E-state index contributed by atoms with van der Waals surface area (Å²) in [6.07, 6.45) is 12.9. The molecule has 0 fully saturated rings. The van der Waals surface area contributed by atoms with E-state index < -0.39 is 0 Å².